The fourth-order valence-corrected chi connectivity index (χ4v) is 6.65. The summed E-state index contributed by atoms with van der Waals surface area (Å²) in [4.78, 5) is 39.5. The maximum Gasteiger partial charge on any atom is 0.407 e. The summed E-state index contributed by atoms with van der Waals surface area (Å²) in [6.45, 7) is 2.08. The van der Waals surface area contributed by atoms with Crippen molar-refractivity contribution in [2.75, 3.05) is 24.4 Å². The summed E-state index contributed by atoms with van der Waals surface area (Å²) in [6, 6.07) is 14.5. The van der Waals surface area contributed by atoms with E-state index in [1.807, 2.05) is 49.6 Å². The van der Waals surface area contributed by atoms with Crippen LogP contribution in [0.15, 0.2) is 48.5 Å². The average Bonchev–Trinajstić information content (AvgIpc) is 3.44. The van der Waals surface area contributed by atoms with Crippen LogP contribution in [0.1, 0.15) is 36.8 Å². The molecule has 186 valence electrons. The van der Waals surface area contributed by atoms with Crippen molar-refractivity contribution in [3.8, 4) is 11.1 Å². The Kier molecular flexibility index (Phi) is 8.28. The molecule has 0 spiro atoms. The molecule has 1 heterocycles. The van der Waals surface area contributed by atoms with E-state index in [1.54, 1.807) is 11.8 Å². The van der Waals surface area contributed by atoms with Gasteiger partial charge in [0.15, 0.2) is 0 Å². The van der Waals surface area contributed by atoms with Crippen molar-refractivity contribution in [3.05, 3.63) is 59.7 Å². The number of alkyl carbamates (subject to hydrolysis) is 1. The van der Waals surface area contributed by atoms with Crippen LogP contribution < -0.4 is 5.32 Å². The van der Waals surface area contributed by atoms with E-state index in [9.17, 15) is 19.5 Å². The van der Waals surface area contributed by atoms with E-state index in [1.165, 1.54) is 16.7 Å². The molecule has 2 unspecified atom stereocenters. The van der Waals surface area contributed by atoms with Gasteiger partial charge in [-0.2, -0.15) is 11.8 Å². The lowest BCUT2D eigenvalue weighted by Gasteiger charge is -2.30. The summed E-state index contributed by atoms with van der Waals surface area (Å²) in [7, 11) is 0. The first-order valence-corrected chi connectivity index (χ1v) is 14.2. The van der Waals surface area contributed by atoms with Gasteiger partial charge in [0.25, 0.3) is 0 Å². The van der Waals surface area contributed by atoms with Gasteiger partial charge in [0.05, 0.1) is 5.37 Å². The van der Waals surface area contributed by atoms with Crippen LogP contribution in [0, 0.1) is 0 Å². The number of aliphatic carboxylic acids is 1. The number of rotatable bonds is 9. The molecule has 2 amide bonds. The molecule has 35 heavy (non-hydrogen) atoms. The standard InChI is InChI=1S/C26H30N2O5S2/c1-3-23-28(22(15-35-23)25(30)31)24(29)21(12-13-34-2)27-26(32)33-14-20-18-10-6-4-8-16(18)17-9-5-7-11-19(17)20/h4-11,20-23H,3,12-15H2,1-2H3,(H,27,32)(H,30,31)/t21-,22?,23?/m0/s1. The van der Waals surface area contributed by atoms with Crippen molar-refractivity contribution < 1.29 is 24.2 Å². The number of carbonyl (C=O) groups excluding carboxylic acids is 2. The first-order chi connectivity index (χ1) is 17.0. The van der Waals surface area contributed by atoms with Crippen molar-refractivity contribution in [2.24, 2.45) is 0 Å². The highest BCUT2D eigenvalue weighted by atomic mass is 32.2. The molecular weight excluding hydrogens is 484 g/mol. The lowest BCUT2D eigenvalue weighted by molar-refractivity contribution is -0.150. The maximum atomic E-state index is 13.4. The summed E-state index contributed by atoms with van der Waals surface area (Å²) >= 11 is 3.03. The molecule has 2 N–H and O–H groups in total. The van der Waals surface area contributed by atoms with Gasteiger partial charge in [0.2, 0.25) is 5.91 Å². The summed E-state index contributed by atoms with van der Waals surface area (Å²) < 4.78 is 5.64. The van der Waals surface area contributed by atoms with Gasteiger partial charge in [-0.25, -0.2) is 9.59 Å². The fourth-order valence-electron chi connectivity index (χ4n) is 4.82. The number of amides is 2. The lowest BCUT2D eigenvalue weighted by atomic mass is 9.98. The van der Waals surface area contributed by atoms with Crippen LogP contribution >= 0.6 is 23.5 Å². The molecule has 1 aliphatic carbocycles. The second-order valence-corrected chi connectivity index (χ2v) is 10.8. The molecule has 7 nitrogen and oxygen atoms in total. The zero-order valence-electron chi connectivity index (χ0n) is 19.8. The predicted molar refractivity (Wildman–Crippen MR) is 140 cm³/mol. The lowest BCUT2D eigenvalue weighted by Crippen LogP contribution is -2.54. The van der Waals surface area contributed by atoms with Crippen LogP contribution in [0.4, 0.5) is 4.79 Å². The Morgan fingerprint density at radius 1 is 1.14 bits per heavy atom. The third-order valence-corrected chi connectivity index (χ3v) is 8.62. The third-order valence-electron chi connectivity index (χ3n) is 6.53. The minimum Gasteiger partial charge on any atom is -0.480 e. The van der Waals surface area contributed by atoms with Crippen LogP contribution in [0.5, 0.6) is 0 Å². The number of hydrogen-bond acceptors (Lipinski definition) is 6. The number of nitrogens with zero attached hydrogens (tertiary/aromatic N) is 1. The molecule has 0 saturated carbocycles. The molecule has 2 aromatic carbocycles. The second kappa shape index (κ2) is 11.4. The largest absolute Gasteiger partial charge is 0.480 e. The van der Waals surface area contributed by atoms with Crippen LogP contribution in [0.2, 0.25) is 0 Å². The molecule has 1 fully saturated rings. The van der Waals surface area contributed by atoms with E-state index in [0.29, 0.717) is 24.3 Å². The average molecular weight is 515 g/mol. The highest BCUT2D eigenvalue weighted by molar-refractivity contribution is 8.00. The van der Waals surface area contributed by atoms with Crippen LogP contribution in [0.3, 0.4) is 0 Å². The maximum absolute atomic E-state index is 13.4. The van der Waals surface area contributed by atoms with Crippen molar-refractivity contribution in [1.82, 2.24) is 10.2 Å². The molecule has 1 saturated heterocycles. The Labute approximate surface area is 214 Å². The molecule has 0 aromatic heterocycles. The first kappa shape index (κ1) is 25.4. The van der Waals surface area contributed by atoms with E-state index >= 15 is 0 Å². The molecule has 2 aliphatic rings. The molecule has 1 aliphatic heterocycles. The number of carboxylic acids is 1. The smallest absolute Gasteiger partial charge is 0.407 e. The Hall–Kier alpha value is -2.65. The minimum absolute atomic E-state index is 0.0793. The highest BCUT2D eigenvalue weighted by Crippen LogP contribution is 2.44. The summed E-state index contributed by atoms with van der Waals surface area (Å²) in [5.41, 5.74) is 4.50. The van der Waals surface area contributed by atoms with Crippen molar-refractivity contribution in [2.45, 2.75) is 43.1 Å². The van der Waals surface area contributed by atoms with Gasteiger partial charge >= 0.3 is 12.1 Å². The third kappa shape index (κ3) is 5.30. The predicted octanol–water partition coefficient (Wildman–Crippen LogP) is 4.41. The number of ether oxygens (including phenoxy) is 1. The number of thioether (sulfide) groups is 2. The summed E-state index contributed by atoms with van der Waals surface area (Å²) in [5, 5.41) is 12.1. The van der Waals surface area contributed by atoms with Crippen molar-refractivity contribution in [1.29, 1.82) is 0 Å². The summed E-state index contributed by atoms with van der Waals surface area (Å²) in [6.07, 6.45) is 2.29. The fraction of sp³-hybridized carbons (Fsp3) is 0.423. The number of nitrogens with one attached hydrogen (secondary N) is 1. The molecular formula is C26H30N2O5S2. The van der Waals surface area contributed by atoms with Gasteiger partial charge in [-0.15, -0.1) is 11.8 Å². The van der Waals surface area contributed by atoms with Crippen LogP contribution in [-0.2, 0) is 14.3 Å². The Morgan fingerprint density at radius 2 is 1.77 bits per heavy atom. The molecule has 0 radical (unpaired) electrons. The highest BCUT2D eigenvalue weighted by Gasteiger charge is 2.43. The van der Waals surface area contributed by atoms with Gasteiger partial charge < -0.3 is 20.1 Å². The Morgan fingerprint density at radius 3 is 2.34 bits per heavy atom. The Bertz CT molecular complexity index is 1050. The molecule has 4 rings (SSSR count). The molecule has 2 aromatic rings. The van der Waals surface area contributed by atoms with E-state index in [0.717, 1.165) is 22.3 Å². The van der Waals surface area contributed by atoms with Crippen molar-refractivity contribution in [3.63, 3.8) is 0 Å². The van der Waals surface area contributed by atoms with Gasteiger partial charge in [-0.1, -0.05) is 55.5 Å². The van der Waals surface area contributed by atoms with Crippen LogP contribution in [-0.4, -0.2) is 69.8 Å². The Balaban J connectivity index is 1.46. The zero-order valence-corrected chi connectivity index (χ0v) is 21.4. The van der Waals surface area contributed by atoms with E-state index in [4.69, 9.17) is 4.74 Å². The van der Waals surface area contributed by atoms with E-state index in [-0.39, 0.29) is 23.8 Å². The van der Waals surface area contributed by atoms with Gasteiger partial charge in [0.1, 0.15) is 18.7 Å². The zero-order chi connectivity index (χ0) is 24.9. The number of benzene rings is 2. The normalized spacial score (nSPS) is 19.7. The molecule has 0 bridgehead atoms. The van der Waals surface area contributed by atoms with Gasteiger partial charge in [-0.05, 0) is 47.1 Å². The first-order valence-electron chi connectivity index (χ1n) is 11.7. The van der Waals surface area contributed by atoms with Crippen molar-refractivity contribution >= 4 is 41.5 Å². The number of carbonyl (C=O) groups is 3. The quantitative estimate of drug-likeness (QED) is 0.512. The number of carboxylic acid groups (broad SMARTS) is 1. The van der Waals surface area contributed by atoms with E-state index < -0.39 is 24.1 Å². The second-order valence-electron chi connectivity index (χ2n) is 8.60. The molecule has 9 heteroatoms. The number of hydrogen-bond donors (Lipinski definition) is 2. The monoisotopic (exact) mass is 514 g/mol. The minimum atomic E-state index is -1.02. The molecule has 3 atom stereocenters. The summed E-state index contributed by atoms with van der Waals surface area (Å²) in [5.74, 6) is -0.470. The van der Waals surface area contributed by atoms with E-state index in [2.05, 4.69) is 17.4 Å². The topological polar surface area (TPSA) is 95.9 Å². The number of fused-ring (bicyclic) bond motifs is 3. The van der Waals surface area contributed by atoms with Gasteiger partial charge in [-0.3, -0.25) is 4.79 Å². The van der Waals surface area contributed by atoms with Crippen LogP contribution in [0.25, 0.3) is 11.1 Å². The SMILES string of the molecule is CCC1SCC(C(=O)O)N1C(=O)[C@H](CCSC)NC(=O)OCC1c2ccccc2-c2ccccc21. The van der Waals surface area contributed by atoms with Gasteiger partial charge in [0, 0.05) is 11.7 Å².